The fourth-order valence-electron chi connectivity index (χ4n) is 2.73. The van der Waals surface area contributed by atoms with Gasteiger partial charge in [-0.1, -0.05) is 54.6 Å². The Morgan fingerprint density at radius 2 is 1.95 bits per heavy atom. The number of hydrogen-bond acceptors (Lipinski definition) is 2. The van der Waals surface area contributed by atoms with Crippen LogP contribution in [-0.4, -0.2) is 15.0 Å². The van der Waals surface area contributed by atoms with Gasteiger partial charge in [-0.3, -0.25) is 0 Å². The van der Waals surface area contributed by atoms with Gasteiger partial charge >= 0.3 is 0 Å². The van der Waals surface area contributed by atoms with Gasteiger partial charge in [-0.15, -0.1) is 0 Å². The number of benzene rings is 1. The van der Waals surface area contributed by atoms with Crippen molar-refractivity contribution in [2.75, 3.05) is 6.54 Å². The van der Waals surface area contributed by atoms with Gasteiger partial charge in [0.15, 0.2) is 0 Å². The van der Waals surface area contributed by atoms with Gasteiger partial charge in [-0.25, -0.2) is 13.1 Å². The summed E-state index contributed by atoms with van der Waals surface area (Å²) in [5, 5.41) is 0. The maximum absolute atomic E-state index is 12.1. The molecule has 0 amide bonds. The van der Waals surface area contributed by atoms with E-state index in [4.69, 9.17) is 0 Å². The van der Waals surface area contributed by atoms with Gasteiger partial charge in [0.05, 0.1) is 4.90 Å². The van der Waals surface area contributed by atoms with Crippen molar-refractivity contribution >= 4 is 26.0 Å². The lowest BCUT2D eigenvalue weighted by atomic mass is 9.81. The van der Waals surface area contributed by atoms with E-state index in [9.17, 15) is 8.42 Å². The highest BCUT2D eigenvalue weighted by molar-refractivity contribution is 9.10. The Labute approximate surface area is 130 Å². The molecule has 0 unspecified atom stereocenters. The summed E-state index contributed by atoms with van der Waals surface area (Å²) in [5.74, 6) is 1.51. The Hall–Kier alpha value is -0.390. The summed E-state index contributed by atoms with van der Waals surface area (Å²) in [6, 6.07) is 6.81. The van der Waals surface area contributed by atoms with Crippen molar-refractivity contribution in [1.29, 1.82) is 0 Å². The van der Waals surface area contributed by atoms with E-state index in [1.54, 1.807) is 18.2 Å². The van der Waals surface area contributed by atoms with Crippen molar-refractivity contribution in [3.63, 3.8) is 0 Å². The minimum Gasteiger partial charge on any atom is -0.211 e. The molecule has 0 aliphatic heterocycles. The Balaban J connectivity index is 1.84. The SMILES string of the molecule is CC1CCC(CCNS(=O)(=O)c2cccc(Br)c2)CC1. The molecule has 0 saturated heterocycles. The molecule has 0 bridgehead atoms. The molecular formula is C15H22BrNO2S. The van der Waals surface area contributed by atoms with Crippen LogP contribution in [0.3, 0.4) is 0 Å². The molecule has 0 spiro atoms. The molecule has 0 atom stereocenters. The van der Waals surface area contributed by atoms with E-state index in [-0.39, 0.29) is 0 Å². The highest BCUT2D eigenvalue weighted by atomic mass is 79.9. The van der Waals surface area contributed by atoms with Gasteiger partial charge in [0.25, 0.3) is 0 Å². The predicted molar refractivity (Wildman–Crippen MR) is 85.1 cm³/mol. The lowest BCUT2D eigenvalue weighted by molar-refractivity contribution is 0.278. The smallest absolute Gasteiger partial charge is 0.211 e. The minimum atomic E-state index is -3.37. The van der Waals surface area contributed by atoms with Gasteiger partial charge < -0.3 is 0 Å². The summed E-state index contributed by atoms with van der Waals surface area (Å²) in [7, 11) is -3.37. The third-order valence-electron chi connectivity index (χ3n) is 4.09. The number of rotatable bonds is 5. The summed E-state index contributed by atoms with van der Waals surface area (Å²) in [6.07, 6.45) is 5.98. The van der Waals surface area contributed by atoms with Crippen molar-refractivity contribution in [2.24, 2.45) is 11.8 Å². The Morgan fingerprint density at radius 3 is 2.60 bits per heavy atom. The second-order valence-electron chi connectivity index (χ2n) is 5.77. The standard InChI is InChI=1S/C15H22BrNO2S/c1-12-5-7-13(8-6-12)9-10-17-20(18,19)15-4-2-3-14(16)11-15/h2-4,11-13,17H,5-10H2,1H3. The summed E-state index contributed by atoms with van der Waals surface area (Å²) in [5.41, 5.74) is 0. The van der Waals surface area contributed by atoms with Crippen LogP contribution in [0.15, 0.2) is 33.6 Å². The van der Waals surface area contributed by atoms with E-state index in [1.807, 2.05) is 6.07 Å². The normalized spacial score (nSPS) is 23.7. The van der Waals surface area contributed by atoms with Crippen LogP contribution in [0.25, 0.3) is 0 Å². The Kier molecular flexibility index (Phi) is 5.64. The fourth-order valence-corrected chi connectivity index (χ4v) is 4.38. The van der Waals surface area contributed by atoms with Crippen LogP contribution in [0.4, 0.5) is 0 Å². The zero-order valence-corrected chi connectivity index (χ0v) is 14.2. The predicted octanol–water partition coefficient (Wildman–Crippen LogP) is 3.94. The number of sulfonamides is 1. The van der Waals surface area contributed by atoms with E-state index in [2.05, 4.69) is 27.6 Å². The molecule has 3 nitrogen and oxygen atoms in total. The zero-order chi connectivity index (χ0) is 14.6. The maximum Gasteiger partial charge on any atom is 0.240 e. The third-order valence-corrected chi connectivity index (χ3v) is 6.04. The van der Waals surface area contributed by atoms with Crippen molar-refractivity contribution in [3.8, 4) is 0 Å². The first-order valence-electron chi connectivity index (χ1n) is 7.22. The number of hydrogen-bond donors (Lipinski definition) is 1. The van der Waals surface area contributed by atoms with E-state index >= 15 is 0 Å². The quantitative estimate of drug-likeness (QED) is 0.864. The van der Waals surface area contributed by atoms with Gasteiger partial charge in [-0.2, -0.15) is 0 Å². The molecular weight excluding hydrogens is 338 g/mol. The maximum atomic E-state index is 12.1. The highest BCUT2D eigenvalue weighted by Crippen LogP contribution is 2.30. The third kappa shape index (κ3) is 4.57. The second-order valence-corrected chi connectivity index (χ2v) is 8.45. The molecule has 0 radical (unpaired) electrons. The molecule has 1 fully saturated rings. The summed E-state index contributed by atoms with van der Waals surface area (Å²) in [6.45, 7) is 2.83. The fraction of sp³-hybridized carbons (Fsp3) is 0.600. The van der Waals surface area contributed by atoms with Crippen LogP contribution in [-0.2, 0) is 10.0 Å². The van der Waals surface area contributed by atoms with Crippen molar-refractivity contribution in [3.05, 3.63) is 28.7 Å². The molecule has 5 heteroatoms. The molecule has 20 heavy (non-hydrogen) atoms. The number of halogens is 1. The Morgan fingerprint density at radius 1 is 1.25 bits per heavy atom. The van der Waals surface area contributed by atoms with Crippen LogP contribution in [0.2, 0.25) is 0 Å². The molecule has 1 aromatic carbocycles. The molecule has 0 aromatic heterocycles. The topological polar surface area (TPSA) is 46.2 Å². The molecule has 1 aliphatic rings. The van der Waals surface area contributed by atoms with Crippen LogP contribution >= 0.6 is 15.9 Å². The van der Waals surface area contributed by atoms with Crippen LogP contribution in [0.5, 0.6) is 0 Å². The average molecular weight is 360 g/mol. The Bertz CT molecular complexity index is 537. The lowest BCUT2D eigenvalue weighted by Crippen LogP contribution is -2.27. The van der Waals surface area contributed by atoms with Crippen molar-refractivity contribution < 1.29 is 8.42 Å². The first kappa shape index (κ1) is 16.0. The molecule has 0 heterocycles. The van der Waals surface area contributed by atoms with Crippen LogP contribution < -0.4 is 4.72 Å². The summed E-state index contributed by atoms with van der Waals surface area (Å²) < 4.78 is 27.8. The molecule has 1 saturated carbocycles. The van der Waals surface area contributed by atoms with Crippen LogP contribution in [0, 0.1) is 11.8 Å². The first-order valence-corrected chi connectivity index (χ1v) is 9.50. The van der Waals surface area contributed by atoms with Crippen LogP contribution in [0.1, 0.15) is 39.0 Å². The van der Waals surface area contributed by atoms with E-state index in [0.29, 0.717) is 17.4 Å². The minimum absolute atomic E-state index is 0.323. The molecule has 1 N–H and O–H groups in total. The first-order chi connectivity index (χ1) is 9.47. The van der Waals surface area contributed by atoms with E-state index < -0.39 is 10.0 Å². The monoisotopic (exact) mass is 359 g/mol. The molecule has 2 rings (SSSR count). The lowest BCUT2D eigenvalue weighted by Gasteiger charge is -2.26. The molecule has 112 valence electrons. The van der Waals surface area contributed by atoms with Gasteiger partial charge in [0.2, 0.25) is 10.0 Å². The van der Waals surface area contributed by atoms with E-state index in [1.165, 1.54) is 25.7 Å². The second kappa shape index (κ2) is 7.05. The van der Waals surface area contributed by atoms with Gasteiger partial charge in [0.1, 0.15) is 0 Å². The molecule has 1 aliphatic carbocycles. The number of nitrogens with one attached hydrogen (secondary N) is 1. The van der Waals surface area contributed by atoms with Crippen molar-refractivity contribution in [2.45, 2.75) is 43.9 Å². The summed E-state index contributed by atoms with van der Waals surface area (Å²) in [4.78, 5) is 0.323. The highest BCUT2D eigenvalue weighted by Gasteiger charge is 2.19. The van der Waals surface area contributed by atoms with Gasteiger partial charge in [0, 0.05) is 11.0 Å². The molecule has 1 aromatic rings. The van der Waals surface area contributed by atoms with Crippen molar-refractivity contribution in [1.82, 2.24) is 4.72 Å². The van der Waals surface area contributed by atoms with E-state index in [0.717, 1.165) is 16.8 Å². The summed E-state index contributed by atoms with van der Waals surface area (Å²) >= 11 is 3.30. The zero-order valence-electron chi connectivity index (χ0n) is 11.8. The average Bonchev–Trinajstić information content (AvgIpc) is 2.41. The van der Waals surface area contributed by atoms with Gasteiger partial charge in [-0.05, 0) is 36.5 Å². The largest absolute Gasteiger partial charge is 0.240 e.